The number of nitrogens with one attached hydrogen (secondary N) is 1. The van der Waals surface area contributed by atoms with Crippen LogP contribution in [0.2, 0.25) is 0 Å². The lowest BCUT2D eigenvalue weighted by Crippen LogP contribution is -2.43. The summed E-state index contributed by atoms with van der Waals surface area (Å²) < 4.78 is 32.5. The molecule has 0 unspecified atom stereocenters. The lowest BCUT2D eigenvalue weighted by Gasteiger charge is -2.33. The van der Waals surface area contributed by atoms with E-state index in [1.165, 1.54) is 13.2 Å². The summed E-state index contributed by atoms with van der Waals surface area (Å²) in [6, 6.07) is 3.12. The van der Waals surface area contributed by atoms with Crippen LogP contribution in [0.25, 0.3) is 0 Å². The Morgan fingerprint density at radius 2 is 2.00 bits per heavy atom. The molecule has 1 saturated carbocycles. The Balaban J connectivity index is 2.31. The average Bonchev–Trinajstić information content (AvgIpc) is 2.29. The number of hydrogen-bond acceptors (Lipinski definition) is 4. The highest BCUT2D eigenvalue weighted by Crippen LogP contribution is 2.32. The number of hydrogen-bond donors (Lipinski definition) is 2. The first-order valence-electron chi connectivity index (χ1n) is 6.30. The normalized spacial score (nSPS) is 22.9. The van der Waals surface area contributed by atoms with Crippen molar-refractivity contribution in [1.82, 2.24) is 4.72 Å². The van der Waals surface area contributed by atoms with Gasteiger partial charge in [-0.2, -0.15) is 0 Å². The molecule has 19 heavy (non-hydrogen) atoms. The summed E-state index contributed by atoms with van der Waals surface area (Å²) in [6.45, 7) is 3.92. The molecule has 0 spiro atoms. The van der Waals surface area contributed by atoms with Crippen molar-refractivity contribution in [3.63, 3.8) is 0 Å². The van der Waals surface area contributed by atoms with Gasteiger partial charge in [-0.15, -0.1) is 0 Å². The molecule has 2 rings (SSSR count). The van der Waals surface area contributed by atoms with Gasteiger partial charge < -0.3 is 10.5 Å². The van der Waals surface area contributed by atoms with Crippen LogP contribution in [0, 0.1) is 12.8 Å². The lowest BCUT2D eigenvalue weighted by atomic mass is 9.83. The summed E-state index contributed by atoms with van der Waals surface area (Å²) in [5.74, 6) is 0.907. The van der Waals surface area contributed by atoms with Crippen molar-refractivity contribution in [2.45, 2.75) is 37.6 Å². The van der Waals surface area contributed by atoms with E-state index in [1.54, 1.807) is 6.07 Å². The summed E-state index contributed by atoms with van der Waals surface area (Å²) >= 11 is 0. The van der Waals surface area contributed by atoms with Crippen molar-refractivity contribution >= 4 is 15.7 Å². The average molecular weight is 284 g/mol. The zero-order valence-corrected chi connectivity index (χ0v) is 12.3. The smallest absolute Gasteiger partial charge is 0.244 e. The van der Waals surface area contributed by atoms with Gasteiger partial charge in [-0.25, -0.2) is 13.1 Å². The van der Waals surface area contributed by atoms with E-state index in [0.717, 1.165) is 18.4 Å². The third kappa shape index (κ3) is 2.84. The van der Waals surface area contributed by atoms with Crippen molar-refractivity contribution in [3.05, 3.63) is 17.7 Å². The standard InChI is InChI=1S/C13H20N2O3S/c1-8-4-10(5-8)15-19(16,17)13-7-11(14)9(2)6-12(13)18-3/h6-8,10,15H,4-5,14H2,1-3H3. The van der Waals surface area contributed by atoms with E-state index in [-0.39, 0.29) is 10.9 Å². The molecule has 1 aromatic rings. The first-order chi connectivity index (χ1) is 8.83. The fourth-order valence-corrected chi connectivity index (χ4v) is 3.78. The Morgan fingerprint density at radius 1 is 1.37 bits per heavy atom. The van der Waals surface area contributed by atoms with Crippen LogP contribution in [-0.2, 0) is 10.0 Å². The van der Waals surface area contributed by atoms with Crippen molar-refractivity contribution < 1.29 is 13.2 Å². The minimum Gasteiger partial charge on any atom is -0.495 e. The van der Waals surface area contributed by atoms with Crippen molar-refractivity contribution in [2.24, 2.45) is 5.92 Å². The number of rotatable bonds is 4. The highest BCUT2D eigenvalue weighted by molar-refractivity contribution is 7.89. The van der Waals surface area contributed by atoms with Crippen LogP contribution in [0.1, 0.15) is 25.3 Å². The molecule has 3 N–H and O–H groups in total. The summed E-state index contributed by atoms with van der Waals surface area (Å²) in [5, 5.41) is 0. The van der Waals surface area contributed by atoms with E-state index in [1.807, 2.05) is 6.92 Å². The van der Waals surface area contributed by atoms with E-state index in [4.69, 9.17) is 10.5 Å². The number of aryl methyl sites for hydroxylation is 1. The Bertz CT molecular complexity index is 578. The monoisotopic (exact) mass is 284 g/mol. The molecule has 6 heteroatoms. The number of benzene rings is 1. The van der Waals surface area contributed by atoms with Gasteiger partial charge in [-0.3, -0.25) is 0 Å². The molecule has 0 atom stereocenters. The Morgan fingerprint density at radius 3 is 2.53 bits per heavy atom. The maximum atomic E-state index is 12.3. The second-order valence-corrected chi connectivity index (χ2v) is 6.94. The molecule has 0 saturated heterocycles. The number of sulfonamides is 1. The molecular formula is C13H20N2O3S. The van der Waals surface area contributed by atoms with Crippen LogP contribution in [-0.4, -0.2) is 21.6 Å². The molecule has 1 aliphatic rings. The number of ether oxygens (including phenoxy) is 1. The van der Waals surface area contributed by atoms with Gasteiger partial charge in [0.25, 0.3) is 0 Å². The van der Waals surface area contributed by atoms with Gasteiger partial charge in [-0.1, -0.05) is 6.92 Å². The maximum Gasteiger partial charge on any atom is 0.244 e. The van der Waals surface area contributed by atoms with Crippen LogP contribution in [0.5, 0.6) is 5.75 Å². The van der Waals surface area contributed by atoms with Crippen LogP contribution in [0.4, 0.5) is 5.69 Å². The number of nitrogen functional groups attached to an aromatic ring is 1. The second kappa shape index (κ2) is 5.02. The molecule has 5 nitrogen and oxygen atoms in total. The van der Waals surface area contributed by atoms with Crippen molar-refractivity contribution in [2.75, 3.05) is 12.8 Å². The molecule has 1 fully saturated rings. The van der Waals surface area contributed by atoms with Crippen molar-refractivity contribution in [3.8, 4) is 5.75 Å². The molecule has 0 aromatic heterocycles. The second-order valence-electron chi connectivity index (χ2n) is 5.25. The quantitative estimate of drug-likeness (QED) is 0.824. The van der Waals surface area contributed by atoms with E-state index >= 15 is 0 Å². The van der Waals surface area contributed by atoms with Gasteiger partial charge >= 0.3 is 0 Å². The highest BCUT2D eigenvalue weighted by atomic mass is 32.2. The molecule has 1 aromatic carbocycles. The first-order valence-corrected chi connectivity index (χ1v) is 7.78. The Kier molecular flexibility index (Phi) is 3.73. The SMILES string of the molecule is COc1cc(C)c(N)cc1S(=O)(=O)NC1CC(C)C1. The third-order valence-electron chi connectivity index (χ3n) is 3.54. The van der Waals surface area contributed by atoms with Gasteiger partial charge in [0.05, 0.1) is 7.11 Å². The minimum atomic E-state index is -3.58. The van der Waals surface area contributed by atoms with E-state index in [2.05, 4.69) is 11.6 Å². The molecule has 0 aliphatic heterocycles. The molecule has 0 bridgehead atoms. The van der Waals surface area contributed by atoms with Gasteiger partial charge in [0.15, 0.2) is 0 Å². The fourth-order valence-electron chi connectivity index (χ4n) is 2.33. The van der Waals surface area contributed by atoms with E-state index in [0.29, 0.717) is 17.4 Å². The predicted octanol–water partition coefficient (Wildman–Crippen LogP) is 1.66. The van der Waals surface area contributed by atoms with Crippen molar-refractivity contribution in [1.29, 1.82) is 0 Å². The summed E-state index contributed by atoms with van der Waals surface area (Å²) in [7, 11) is -2.13. The van der Waals surface area contributed by atoms with Crippen LogP contribution in [0.3, 0.4) is 0 Å². The van der Waals surface area contributed by atoms with Gasteiger partial charge in [-0.05, 0) is 43.4 Å². The molecule has 1 aliphatic carbocycles. The Hall–Kier alpha value is -1.27. The molecule has 0 heterocycles. The van der Waals surface area contributed by atoms with Crippen LogP contribution < -0.4 is 15.2 Å². The number of anilines is 1. The maximum absolute atomic E-state index is 12.3. The summed E-state index contributed by atoms with van der Waals surface area (Å²) in [6.07, 6.45) is 1.76. The highest BCUT2D eigenvalue weighted by Gasteiger charge is 2.31. The Labute approximate surface area is 114 Å². The van der Waals surface area contributed by atoms with Gasteiger partial charge in [0, 0.05) is 11.7 Å². The fraction of sp³-hybridized carbons (Fsp3) is 0.538. The zero-order valence-electron chi connectivity index (χ0n) is 11.4. The summed E-state index contributed by atoms with van der Waals surface area (Å²) in [5.41, 5.74) is 7.04. The lowest BCUT2D eigenvalue weighted by molar-refractivity contribution is 0.270. The van der Waals surface area contributed by atoms with Gasteiger partial charge in [0.1, 0.15) is 10.6 Å². The third-order valence-corrected chi connectivity index (χ3v) is 5.08. The molecule has 0 radical (unpaired) electrons. The first kappa shape index (κ1) is 14.1. The van der Waals surface area contributed by atoms with Crippen LogP contribution in [0.15, 0.2) is 17.0 Å². The molecule has 106 valence electrons. The number of nitrogens with two attached hydrogens (primary N) is 1. The largest absolute Gasteiger partial charge is 0.495 e. The molecule has 0 amide bonds. The topological polar surface area (TPSA) is 81.4 Å². The predicted molar refractivity (Wildman–Crippen MR) is 74.7 cm³/mol. The van der Waals surface area contributed by atoms with E-state index in [9.17, 15) is 8.42 Å². The van der Waals surface area contributed by atoms with Crippen LogP contribution >= 0.6 is 0 Å². The zero-order chi connectivity index (χ0) is 14.2. The molecular weight excluding hydrogens is 264 g/mol. The van der Waals surface area contributed by atoms with Gasteiger partial charge in [0.2, 0.25) is 10.0 Å². The minimum absolute atomic E-state index is 0.0206. The number of methoxy groups -OCH3 is 1. The van der Waals surface area contributed by atoms with E-state index < -0.39 is 10.0 Å². The summed E-state index contributed by atoms with van der Waals surface area (Å²) in [4.78, 5) is 0.109.